The fourth-order valence-electron chi connectivity index (χ4n) is 5.20. The number of pyridine rings is 1. The van der Waals surface area contributed by atoms with E-state index in [0.29, 0.717) is 52.6 Å². The highest BCUT2D eigenvalue weighted by atomic mass is 79.9. The molecule has 0 aliphatic carbocycles. The van der Waals surface area contributed by atoms with E-state index < -0.39 is 18.2 Å². The number of hydrogen-bond acceptors (Lipinski definition) is 8. The van der Waals surface area contributed by atoms with E-state index in [1.807, 2.05) is 26.1 Å². The number of rotatable bonds is 3. The van der Waals surface area contributed by atoms with Crippen molar-refractivity contribution in [3.8, 4) is 28.2 Å². The van der Waals surface area contributed by atoms with Crippen molar-refractivity contribution >= 4 is 56.7 Å². The largest absolute Gasteiger partial charge is 0.490 e. The normalized spacial score (nSPS) is 16.4. The van der Waals surface area contributed by atoms with Gasteiger partial charge in [-0.2, -0.15) is 18.3 Å². The van der Waals surface area contributed by atoms with Gasteiger partial charge in [0.15, 0.2) is 5.15 Å². The summed E-state index contributed by atoms with van der Waals surface area (Å²) in [5, 5.41) is 23.1. The Balaban J connectivity index is 0.000000606. The van der Waals surface area contributed by atoms with Gasteiger partial charge in [-0.15, -0.1) is 5.10 Å². The van der Waals surface area contributed by atoms with E-state index in [-0.39, 0.29) is 27.0 Å². The maximum atomic E-state index is 14.0. The van der Waals surface area contributed by atoms with Crippen LogP contribution in [0.3, 0.4) is 0 Å². The predicted molar refractivity (Wildman–Crippen MR) is 176 cm³/mol. The summed E-state index contributed by atoms with van der Waals surface area (Å²) in [5.41, 5.74) is 4.16. The van der Waals surface area contributed by atoms with Gasteiger partial charge in [-0.05, 0) is 59.1 Å². The number of carboxylic acids is 1. The molecule has 0 saturated heterocycles. The third-order valence-corrected chi connectivity index (χ3v) is 8.72. The Kier molecular flexibility index (Phi) is 10.5. The number of benzene rings is 1. The SMILES string of the molecule is C[C@@H]1CCC[C@H](n2cnc(-c3cc(Cl)ccc3-n3cc(Cl)nn3)c(Br)c2=O)c2cc(ccn2)-c2c(cnn2C)NC1=O.O=C(O)C(F)(F)F. The van der Waals surface area contributed by atoms with Crippen LogP contribution in [-0.2, 0) is 16.6 Å². The van der Waals surface area contributed by atoms with Crippen molar-refractivity contribution in [1.82, 2.24) is 39.3 Å². The molecular weight excluding hydrogens is 758 g/mol. The molecule has 5 heterocycles. The monoisotopic (exact) mass is 781 g/mol. The lowest BCUT2D eigenvalue weighted by Gasteiger charge is -2.23. The zero-order valence-corrected chi connectivity index (χ0v) is 28.6. The first kappa shape index (κ1) is 35.7. The molecule has 4 aromatic heterocycles. The quantitative estimate of drug-likeness (QED) is 0.213. The van der Waals surface area contributed by atoms with Gasteiger partial charge >= 0.3 is 12.1 Å². The number of nitrogens with zero attached hydrogens (tertiary/aromatic N) is 8. The van der Waals surface area contributed by atoms with Gasteiger partial charge in [0, 0.05) is 35.3 Å². The summed E-state index contributed by atoms with van der Waals surface area (Å²) in [5.74, 6) is -3.07. The van der Waals surface area contributed by atoms with Gasteiger partial charge in [0.25, 0.3) is 5.56 Å². The van der Waals surface area contributed by atoms with Crippen LogP contribution in [0.5, 0.6) is 0 Å². The molecule has 1 amide bonds. The number of carbonyl (C=O) groups is 2. The minimum Gasteiger partial charge on any atom is -0.475 e. The van der Waals surface area contributed by atoms with Crippen LogP contribution in [0, 0.1) is 5.92 Å². The van der Waals surface area contributed by atoms with Crippen LogP contribution in [0.4, 0.5) is 18.9 Å². The number of aliphatic carboxylic acids is 1. The molecule has 1 aliphatic heterocycles. The average Bonchev–Trinajstić information content (AvgIpc) is 3.64. The van der Waals surface area contributed by atoms with E-state index in [4.69, 9.17) is 38.1 Å². The minimum absolute atomic E-state index is 0.0763. The van der Waals surface area contributed by atoms with Crippen LogP contribution < -0.4 is 10.9 Å². The molecule has 2 atom stereocenters. The van der Waals surface area contributed by atoms with E-state index in [2.05, 4.69) is 41.6 Å². The Morgan fingerprint density at radius 2 is 1.86 bits per heavy atom. The molecule has 19 heteroatoms. The Bertz CT molecular complexity index is 2100. The lowest BCUT2D eigenvalue weighted by Crippen LogP contribution is -2.28. The number of alkyl halides is 3. The first-order chi connectivity index (χ1) is 23.1. The van der Waals surface area contributed by atoms with Crippen molar-refractivity contribution < 1.29 is 27.9 Å². The van der Waals surface area contributed by atoms with Crippen LogP contribution in [0.15, 0.2) is 64.5 Å². The molecular formula is C30H25BrCl2F3N9O4. The number of aryl methyl sites for hydroxylation is 1. The zero-order valence-electron chi connectivity index (χ0n) is 25.5. The van der Waals surface area contributed by atoms with E-state index in [1.165, 1.54) is 11.0 Å². The molecule has 0 saturated carbocycles. The molecule has 0 radical (unpaired) electrons. The Morgan fingerprint density at radius 3 is 2.53 bits per heavy atom. The summed E-state index contributed by atoms with van der Waals surface area (Å²) in [6, 6.07) is 8.54. The Labute approximate surface area is 293 Å². The smallest absolute Gasteiger partial charge is 0.475 e. The molecule has 49 heavy (non-hydrogen) atoms. The summed E-state index contributed by atoms with van der Waals surface area (Å²) < 4.78 is 36.8. The number of amides is 1. The number of carbonyl (C=O) groups excluding carboxylic acids is 1. The molecule has 0 spiro atoms. The maximum absolute atomic E-state index is 14.0. The topological polar surface area (TPSA) is 163 Å². The van der Waals surface area contributed by atoms with Gasteiger partial charge in [0.05, 0.1) is 53.2 Å². The molecule has 2 N–H and O–H groups in total. The molecule has 1 aromatic carbocycles. The first-order valence-electron chi connectivity index (χ1n) is 14.4. The van der Waals surface area contributed by atoms with Crippen molar-refractivity contribution in [3.05, 3.63) is 85.9 Å². The van der Waals surface area contributed by atoms with Crippen LogP contribution in [0.25, 0.3) is 28.2 Å². The van der Waals surface area contributed by atoms with Crippen LogP contribution in [-0.4, -0.2) is 62.5 Å². The molecule has 1 aliphatic rings. The average molecular weight is 783 g/mol. The molecule has 5 aromatic rings. The lowest BCUT2D eigenvalue weighted by molar-refractivity contribution is -0.192. The second-order valence-electron chi connectivity index (χ2n) is 10.9. The van der Waals surface area contributed by atoms with E-state index >= 15 is 0 Å². The summed E-state index contributed by atoms with van der Waals surface area (Å²) in [4.78, 5) is 45.2. The molecule has 0 fully saturated rings. The van der Waals surface area contributed by atoms with Crippen LogP contribution in [0.1, 0.15) is 37.9 Å². The maximum Gasteiger partial charge on any atom is 0.490 e. The number of hydrogen-bond donors (Lipinski definition) is 2. The minimum atomic E-state index is -5.08. The van der Waals surface area contributed by atoms with E-state index in [1.54, 1.807) is 46.0 Å². The van der Waals surface area contributed by atoms with Crippen LogP contribution >= 0.6 is 39.1 Å². The Hall–Kier alpha value is -4.61. The standard InChI is InChI=1S/C28H24BrCl2N9O2.C2HF3O2/c1-15-4-3-5-22(19-10-16(8-9-32-19)26-20(35-27(15)41)12-34-38(26)2)39-14-33-25(24(29)28(39)42)18-11-17(30)6-7-21(18)40-13-23(31)36-37-40;3-2(4,5)1(6)7/h6-15,22H,3-5H2,1-2H3,(H,35,41);(H,6,7)/t15-,22+;/m1./s1. The number of halogens is 6. The van der Waals surface area contributed by atoms with Crippen molar-refractivity contribution in [1.29, 1.82) is 0 Å². The van der Waals surface area contributed by atoms with E-state index in [9.17, 15) is 22.8 Å². The molecule has 13 nitrogen and oxygen atoms in total. The summed E-state index contributed by atoms with van der Waals surface area (Å²) in [6.45, 7) is 1.90. The third kappa shape index (κ3) is 7.84. The van der Waals surface area contributed by atoms with E-state index in [0.717, 1.165) is 11.3 Å². The molecule has 6 rings (SSSR count). The summed E-state index contributed by atoms with van der Waals surface area (Å²) in [6.07, 6.45) is 3.23. The fourth-order valence-corrected chi connectivity index (χ4v) is 6.01. The highest BCUT2D eigenvalue weighted by molar-refractivity contribution is 9.10. The van der Waals surface area contributed by atoms with Gasteiger partial charge in [0.1, 0.15) is 4.47 Å². The lowest BCUT2D eigenvalue weighted by atomic mass is 9.97. The van der Waals surface area contributed by atoms with Gasteiger partial charge in [0.2, 0.25) is 5.91 Å². The third-order valence-electron chi connectivity index (χ3n) is 7.60. The fraction of sp³-hybridized carbons (Fsp3) is 0.267. The highest BCUT2D eigenvalue weighted by Crippen LogP contribution is 2.35. The van der Waals surface area contributed by atoms with Crippen LogP contribution in [0.2, 0.25) is 10.2 Å². The van der Waals surface area contributed by atoms with Gasteiger partial charge in [-0.25, -0.2) is 14.5 Å². The predicted octanol–water partition coefficient (Wildman–Crippen LogP) is 6.34. The summed E-state index contributed by atoms with van der Waals surface area (Å²) >= 11 is 15.9. The van der Waals surface area contributed by atoms with Crippen molar-refractivity contribution in [2.45, 2.75) is 38.4 Å². The highest BCUT2D eigenvalue weighted by Gasteiger charge is 2.38. The summed E-state index contributed by atoms with van der Waals surface area (Å²) in [7, 11) is 1.82. The number of anilines is 1. The molecule has 2 bridgehead atoms. The number of carboxylic acid groups (broad SMARTS) is 1. The number of nitrogens with one attached hydrogen (secondary N) is 1. The van der Waals surface area contributed by atoms with Crippen molar-refractivity contribution in [2.24, 2.45) is 13.0 Å². The van der Waals surface area contributed by atoms with Gasteiger partial charge in [-0.3, -0.25) is 23.8 Å². The second-order valence-corrected chi connectivity index (χ2v) is 12.5. The van der Waals surface area contributed by atoms with Crippen molar-refractivity contribution in [3.63, 3.8) is 0 Å². The number of fused-ring (bicyclic) bond motifs is 4. The first-order valence-corrected chi connectivity index (χ1v) is 15.9. The molecule has 0 unspecified atom stereocenters. The van der Waals surface area contributed by atoms with Gasteiger partial charge < -0.3 is 10.4 Å². The van der Waals surface area contributed by atoms with Gasteiger partial charge in [-0.1, -0.05) is 41.8 Å². The molecule has 256 valence electrons. The van der Waals surface area contributed by atoms with Crippen molar-refractivity contribution in [2.75, 3.05) is 5.32 Å². The number of aromatic nitrogens is 8. The Morgan fingerprint density at radius 1 is 1.12 bits per heavy atom. The second kappa shape index (κ2) is 14.5. The zero-order chi connectivity index (χ0) is 35.6.